The van der Waals surface area contributed by atoms with E-state index in [1.54, 1.807) is 6.07 Å². The van der Waals surface area contributed by atoms with Gasteiger partial charge in [0, 0.05) is 24.6 Å². The number of nitrogens with zero attached hydrogens (tertiary/aromatic N) is 2. The van der Waals surface area contributed by atoms with Crippen molar-refractivity contribution in [3.8, 4) is 0 Å². The fraction of sp³-hybridized carbons (Fsp3) is 0.400. The van der Waals surface area contributed by atoms with Gasteiger partial charge in [0.1, 0.15) is 18.0 Å². The fourth-order valence-electron chi connectivity index (χ4n) is 1.66. The van der Waals surface area contributed by atoms with Crippen molar-refractivity contribution in [3.63, 3.8) is 0 Å². The minimum absolute atomic E-state index is 0.195. The molecule has 1 aromatic rings. The molecule has 1 heterocycles. The summed E-state index contributed by atoms with van der Waals surface area (Å²) in [5.74, 6) is 1.42. The largest absolute Gasteiger partial charge is 0.396 e. The van der Waals surface area contributed by atoms with Gasteiger partial charge in [0.05, 0.1) is 0 Å². The summed E-state index contributed by atoms with van der Waals surface area (Å²) in [7, 11) is 0. The van der Waals surface area contributed by atoms with Crippen LogP contribution in [0, 0.1) is 5.92 Å². The second-order valence-corrected chi connectivity index (χ2v) is 3.64. The minimum Gasteiger partial charge on any atom is -0.396 e. The molecule has 0 bridgehead atoms. The maximum atomic E-state index is 8.97. The molecule has 0 aliphatic heterocycles. The van der Waals surface area contributed by atoms with E-state index in [0.29, 0.717) is 5.82 Å². The Hall–Kier alpha value is -1.62. The van der Waals surface area contributed by atoms with Gasteiger partial charge in [-0.05, 0) is 6.42 Å². The molecule has 1 aliphatic rings. The smallest absolute Gasteiger partial charge is 0.131 e. The zero-order chi connectivity index (χ0) is 10.7. The fourth-order valence-corrected chi connectivity index (χ4v) is 1.66. The van der Waals surface area contributed by atoms with E-state index in [1.165, 1.54) is 6.33 Å². The van der Waals surface area contributed by atoms with E-state index in [0.717, 1.165) is 12.2 Å². The predicted molar refractivity (Wildman–Crippen MR) is 58.2 cm³/mol. The van der Waals surface area contributed by atoms with E-state index in [9.17, 15) is 0 Å². The third kappa shape index (κ3) is 2.44. The number of aromatic nitrogens is 2. The number of hydrogen-bond acceptors (Lipinski definition) is 5. The molecule has 2 rings (SSSR count). The number of anilines is 2. The second-order valence-electron chi connectivity index (χ2n) is 3.64. The van der Waals surface area contributed by atoms with Crippen molar-refractivity contribution in [2.45, 2.75) is 12.5 Å². The van der Waals surface area contributed by atoms with Crippen LogP contribution in [0.25, 0.3) is 0 Å². The maximum absolute atomic E-state index is 8.97. The first kappa shape index (κ1) is 9.92. The van der Waals surface area contributed by atoms with Crippen LogP contribution < -0.4 is 11.1 Å². The minimum atomic E-state index is 0.195. The molecular formula is C10H14N4O. The standard InChI is InChI=1S/C10H14N4O/c11-9-4-10(13-6-12-9)14-8-2-1-7(3-8)5-15/h1-2,4,6-8,15H,3,5H2,(H3,11,12,13,14)/t7-,8+/m0/s1. The summed E-state index contributed by atoms with van der Waals surface area (Å²) in [5, 5.41) is 12.2. The summed E-state index contributed by atoms with van der Waals surface area (Å²) in [6, 6.07) is 1.91. The Bertz CT molecular complexity index is 366. The van der Waals surface area contributed by atoms with Gasteiger partial charge in [0.15, 0.2) is 0 Å². The van der Waals surface area contributed by atoms with Crippen molar-refractivity contribution in [1.29, 1.82) is 0 Å². The highest BCUT2D eigenvalue weighted by molar-refractivity contribution is 5.45. The Morgan fingerprint density at radius 1 is 1.47 bits per heavy atom. The quantitative estimate of drug-likeness (QED) is 0.624. The van der Waals surface area contributed by atoms with Gasteiger partial charge in [-0.15, -0.1) is 0 Å². The summed E-state index contributed by atoms with van der Waals surface area (Å²) in [4.78, 5) is 7.87. The van der Waals surface area contributed by atoms with Crippen LogP contribution in [0.15, 0.2) is 24.5 Å². The van der Waals surface area contributed by atoms with Gasteiger partial charge in [-0.3, -0.25) is 0 Å². The third-order valence-corrected chi connectivity index (χ3v) is 2.43. The number of nitrogens with one attached hydrogen (secondary N) is 1. The zero-order valence-electron chi connectivity index (χ0n) is 8.30. The van der Waals surface area contributed by atoms with E-state index in [4.69, 9.17) is 10.8 Å². The van der Waals surface area contributed by atoms with Crippen LogP contribution in [0.5, 0.6) is 0 Å². The SMILES string of the molecule is Nc1cc(N[C@@H]2C=C[C@H](CO)C2)ncn1. The van der Waals surface area contributed by atoms with E-state index < -0.39 is 0 Å². The van der Waals surface area contributed by atoms with Crippen LogP contribution in [0.2, 0.25) is 0 Å². The molecule has 15 heavy (non-hydrogen) atoms. The van der Waals surface area contributed by atoms with Crippen LogP contribution >= 0.6 is 0 Å². The average Bonchev–Trinajstić information content (AvgIpc) is 2.65. The van der Waals surface area contributed by atoms with Gasteiger partial charge < -0.3 is 16.2 Å². The number of hydrogen-bond donors (Lipinski definition) is 3. The molecule has 2 atom stereocenters. The molecule has 0 radical (unpaired) electrons. The molecule has 0 saturated carbocycles. The Kier molecular flexibility index (Phi) is 2.82. The Morgan fingerprint density at radius 3 is 3.00 bits per heavy atom. The van der Waals surface area contributed by atoms with Gasteiger partial charge in [-0.25, -0.2) is 9.97 Å². The third-order valence-electron chi connectivity index (χ3n) is 2.43. The molecule has 1 aromatic heterocycles. The van der Waals surface area contributed by atoms with Crippen molar-refractivity contribution >= 4 is 11.6 Å². The number of aliphatic hydroxyl groups is 1. The molecule has 5 nitrogen and oxygen atoms in total. The second kappa shape index (κ2) is 4.27. The summed E-state index contributed by atoms with van der Waals surface area (Å²) in [6.07, 6.45) is 6.38. The van der Waals surface area contributed by atoms with E-state index in [1.807, 2.05) is 12.2 Å². The van der Waals surface area contributed by atoms with Gasteiger partial charge in [0.25, 0.3) is 0 Å². The van der Waals surface area contributed by atoms with Gasteiger partial charge in [-0.2, -0.15) is 0 Å². The predicted octanol–water partition coefficient (Wildman–Crippen LogP) is 0.408. The first-order valence-corrected chi connectivity index (χ1v) is 4.91. The number of aliphatic hydroxyl groups excluding tert-OH is 1. The van der Waals surface area contributed by atoms with Crippen molar-refractivity contribution < 1.29 is 5.11 Å². The highest BCUT2D eigenvalue weighted by Crippen LogP contribution is 2.20. The Labute approximate surface area is 88.0 Å². The lowest BCUT2D eigenvalue weighted by Gasteiger charge is -2.12. The number of nitrogens with two attached hydrogens (primary N) is 1. The molecule has 0 amide bonds. The van der Waals surface area contributed by atoms with Crippen LogP contribution in [0.4, 0.5) is 11.6 Å². The number of rotatable bonds is 3. The molecular weight excluding hydrogens is 192 g/mol. The van der Waals surface area contributed by atoms with Crippen LogP contribution in [-0.4, -0.2) is 27.7 Å². The van der Waals surface area contributed by atoms with Gasteiger partial charge in [0.2, 0.25) is 0 Å². The number of nitrogen functional groups attached to an aromatic ring is 1. The molecule has 5 heteroatoms. The molecule has 80 valence electrons. The van der Waals surface area contributed by atoms with Crippen molar-refractivity contribution in [1.82, 2.24) is 9.97 Å². The summed E-state index contributed by atoms with van der Waals surface area (Å²) < 4.78 is 0. The summed E-state index contributed by atoms with van der Waals surface area (Å²) in [6.45, 7) is 0.195. The van der Waals surface area contributed by atoms with Gasteiger partial charge >= 0.3 is 0 Å². The highest BCUT2D eigenvalue weighted by atomic mass is 16.3. The molecule has 0 unspecified atom stereocenters. The molecule has 0 aromatic carbocycles. The topological polar surface area (TPSA) is 84.1 Å². The maximum Gasteiger partial charge on any atom is 0.131 e. The lowest BCUT2D eigenvalue weighted by Crippen LogP contribution is -2.17. The highest BCUT2D eigenvalue weighted by Gasteiger charge is 2.17. The van der Waals surface area contributed by atoms with Crippen LogP contribution in [-0.2, 0) is 0 Å². The first-order chi connectivity index (χ1) is 7.28. The lowest BCUT2D eigenvalue weighted by molar-refractivity contribution is 0.250. The molecule has 0 spiro atoms. The Morgan fingerprint density at radius 2 is 2.33 bits per heavy atom. The Balaban J connectivity index is 1.96. The van der Waals surface area contributed by atoms with Crippen molar-refractivity contribution in [2.24, 2.45) is 5.92 Å². The van der Waals surface area contributed by atoms with Crippen molar-refractivity contribution in [2.75, 3.05) is 17.7 Å². The van der Waals surface area contributed by atoms with Crippen molar-refractivity contribution in [3.05, 3.63) is 24.5 Å². The normalized spacial score (nSPS) is 24.3. The first-order valence-electron chi connectivity index (χ1n) is 4.91. The zero-order valence-corrected chi connectivity index (χ0v) is 8.30. The summed E-state index contributed by atoms with van der Waals surface area (Å²) in [5.41, 5.74) is 5.54. The average molecular weight is 206 g/mol. The van der Waals surface area contributed by atoms with E-state index in [-0.39, 0.29) is 18.6 Å². The van der Waals surface area contributed by atoms with Gasteiger partial charge in [-0.1, -0.05) is 12.2 Å². The molecule has 4 N–H and O–H groups in total. The molecule has 1 aliphatic carbocycles. The van der Waals surface area contributed by atoms with E-state index in [2.05, 4.69) is 15.3 Å². The van der Waals surface area contributed by atoms with E-state index >= 15 is 0 Å². The van der Waals surface area contributed by atoms with Crippen LogP contribution in [0.3, 0.4) is 0 Å². The monoisotopic (exact) mass is 206 g/mol. The lowest BCUT2D eigenvalue weighted by atomic mass is 10.1. The van der Waals surface area contributed by atoms with Crippen LogP contribution in [0.1, 0.15) is 6.42 Å². The summed E-state index contributed by atoms with van der Waals surface area (Å²) >= 11 is 0. The molecule has 0 saturated heterocycles. The molecule has 0 fully saturated rings.